The minimum Gasteiger partial charge on any atom is -0.469 e. The Labute approximate surface area is 159 Å². The van der Waals surface area contributed by atoms with Gasteiger partial charge in [-0.05, 0) is 22.8 Å². The van der Waals surface area contributed by atoms with Crippen molar-refractivity contribution in [1.29, 1.82) is 0 Å². The summed E-state index contributed by atoms with van der Waals surface area (Å²) in [6.45, 7) is 0. The lowest BCUT2D eigenvalue weighted by atomic mass is 9.95. The standard InChI is InChI=1S/C25H19NO/c1-4-10-18(11-5-1)21-16-23(19-12-6-2-7-13-19)26-25-22(21)17-24(27-25)20-14-8-3-9-15-20/h1-16,24H,17H2/t24-/m1/s1. The predicted molar refractivity (Wildman–Crippen MR) is 109 cm³/mol. The highest BCUT2D eigenvalue weighted by molar-refractivity contribution is 5.76. The van der Waals surface area contributed by atoms with E-state index in [0.717, 1.165) is 23.6 Å². The zero-order valence-corrected chi connectivity index (χ0v) is 14.9. The molecule has 2 heterocycles. The van der Waals surface area contributed by atoms with Gasteiger partial charge in [0.15, 0.2) is 0 Å². The van der Waals surface area contributed by atoms with Crippen LogP contribution in [0.2, 0.25) is 0 Å². The Morgan fingerprint density at radius 3 is 1.96 bits per heavy atom. The number of benzene rings is 3. The first-order valence-electron chi connectivity index (χ1n) is 9.25. The zero-order chi connectivity index (χ0) is 18.1. The molecule has 2 nitrogen and oxygen atoms in total. The maximum Gasteiger partial charge on any atom is 0.218 e. The van der Waals surface area contributed by atoms with Crippen molar-refractivity contribution in [2.75, 3.05) is 0 Å². The molecule has 4 aromatic rings. The first-order chi connectivity index (χ1) is 13.4. The van der Waals surface area contributed by atoms with Crippen molar-refractivity contribution in [3.8, 4) is 28.3 Å². The van der Waals surface area contributed by atoms with E-state index in [-0.39, 0.29) is 6.10 Å². The molecule has 130 valence electrons. The monoisotopic (exact) mass is 349 g/mol. The van der Waals surface area contributed by atoms with Gasteiger partial charge in [-0.15, -0.1) is 0 Å². The number of nitrogens with zero attached hydrogens (tertiary/aromatic N) is 1. The topological polar surface area (TPSA) is 22.1 Å². The van der Waals surface area contributed by atoms with E-state index in [9.17, 15) is 0 Å². The number of hydrogen-bond donors (Lipinski definition) is 0. The molecule has 0 amide bonds. The number of ether oxygens (including phenoxy) is 1. The molecule has 0 saturated heterocycles. The molecule has 0 bridgehead atoms. The number of pyridine rings is 1. The fraction of sp³-hybridized carbons (Fsp3) is 0.0800. The highest BCUT2D eigenvalue weighted by Crippen LogP contribution is 2.42. The maximum absolute atomic E-state index is 6.31. The fourth-order valence-corrected chi connectivity index (χ4v) is 3.69. The Balaban J connectivity index is 1.64. The fourth-order valence-electron chi connectivity index (χ4n) is 3.69. The summed E-state index contributed by atoms with van der Waals surface area (Å²) >= 11 is 0. The average molecular weight is 349 g/mol. The molecular weight excluding hydrogens is 330 g/mol. The summed E-state index contributed by atoms with van der Waals surface area (Å²) < 4.78 is 6.31. The van der Waals surface area contributed by atoms with Gasteiger partial charge < -0.3 is 4.74 Å². The summed E-state index contributed by atoms with van der Waals surface area (Å²) in [5, 5.41) is 0. The van der Waals surface area contributed by atoms with Crippen molar-refractivity contribution >= 4 is 0 Å². The van der Waals surface area contributed by atoms with Gasteiger partial charge in [0.2, 0.25) is 5.88 Å². The Hall–Kier alpha value is -3.39. The van der Waals surface area contributed by atoms with Crippen molar-refractivity contribution in [2.45, 2.75) is 12.5 Å². The lowest BCUT2D eigenvalue weighted by Gasteiger charge is -2.11. The van der Waals surface area contributed by atoms with Crippen LogP contribution in [0.5, 0.6) is 5.88 Å². The van der Waals surface area contributed by atoms with Gasteiger partial charge in [-0.3, -0.25) is 0 Å². The van der Waals surface area contributed by atoms with E-state index >= 15 is 0 Å². The van der Waals surface area contributed by atoms with E-state index in [1.807, 2.05) is 30.3 Å². The molecule has 1 aliphatic heterocycles. The number of rotatable bonds is 3. The Morgan fingerprint density at radius 1 is 0.704 bits per heavy atom. The van der Waals surface area contributed by atoms with Crippen molar-refractivity contribution in [2.24, 2.45) is 0 Å². The van der Waals surface area contributed by atoms with Crippen LogP contribution in [0.1, 0.15) is 17.2 Å². The molecule has 0 N–H and O–H groups in total. The summed E-state index contributed by atoms with van der Waals surface area (Å²) in [7, 11) is 0. The largest absolute Gasteiger partial charge is 0.469 e. The maximum atomic E-state index is 6.31. The second-order valence-electron chi connectivity index (χ2n) is 6.79. The molecule has 27 heavy (non-hydrogen) atoms. The highest BCUT2D eigenvalue weighted by atomic mass is 16.5. The smallest absolute Gasteiger partial charge is 0.218 e. The second kappa shape index (κ2) is 6.73. The van der Waals surface area contributed by atoms with Gasteiger partial charge in [0, 0.05) is 17.5 Å². The van der Waals surface area contributed by atoms with E-state index in [2.05, 4.69) is 66.7 Å². The molecule has 5 rings (SSSR count). The third-order valence-electron chi connectivity index (χ3n) is 5.06. The first-order valence-corrected chi connectivity index (χ1v) is 9.25. The summed E-state index contributed by atoms with van der Waals surface area (Å²) in [5.74, 6) is 0.754. The van der Waals surface area contributed by atoms with Crippen LogP contribution in [0.3, 0.4) is 0 Å². The van der Waals surface area contributed by atoms with Gasteiger partial charge >= 0.3 is 0 Å². The van der Waals surface area contributed by atoms with Crippen LogP contribution in [0.25, 0.3) is 22.4 Å². The predicted octanol–water partition coefficient (Wildman–Crippen LogP) is 6.09. The van der Waals surface area contributed by atoms with Crippen molar-refractivity contribution < 1.29 is 4.74 Å². The molecule has 0 saturated carbocycles. The van der Waals surface area contributed by atoms with Crippen LogP contribution in [0, 0.1) is 0 Å². The highest BCUT2D eigenvalue weighted by Gasteiger charge is 2.29. The molecule has 0 aliphatic carbocycles. The lowest BCUT2D eigenvalue weighted by Crippen LogP contribution is -2.02. The molecule has 0 radical (unpaired) electrons. The summed E-state index contributed by atoms with van der Waals surface area (Å²) in [6.07, 6.45) is 0.855. The van der Waals surface area contributed by atoms with Crippen molar-refractivity contribution in [3.63, 3.8) is 0 Å². The molecule has 1 aliphatic rings. The summed E-state index contributed by atoms with van der Waals surface area (Å²) in [4.78, 5) is 4.86. The van der Waals surface area contributed by atoms with E-state index in [1.165, 1.54) is 22.3 Å². The quantitative estimate of drug-likeness (QED) is 0.446. The third-order valence-corrected chi connectivity index (χ3v) is 5.06. The van der Waals surface area contributed by atoms with Crippen LogP contribution >= 0.6 is 0 Å². The lowest BCUT2D eigenvalue weighted by molar-refractivity contribution is 0.231. The minimum atomic E-state index is 0.0159. The van der Waals surface area contributed by atoms with Crippen LogP contribution in [0.15, 0.2) is 97.1 Å². The second-order valence-corrected chi connectivity index (χ2v) is 6.79. The van der Waals surface area contributed by atoms with Gasteiger partial charge in [-0.2, -0.15) is 0 Å². The van der Waals surface area contributed by atoms with Crippen LogP contribution in [-0.2, 0) is 6.42 Å². The molecule has 0 fully saturated rings. The molecule has 1 atom stereocenters. The van der Waals surface area contributed by atoms with Gasteiger partial charge in [-0.1, -0.05) is 91.0 Å². The normalized spacial score (nSPS) is 15.2. The summed E-state index contributed by atoms with van der Waals surface area (Å²) in [5.41, 5.74) is 6.83. The zero-order valence-electron chi connectivity index (χ0n) is 14.9. The Bertz CT molecular complexity index is 1060. The van der Waals surface area contributed by atoms with Crippen molar-refractivity contribution in [1.82, 2.24) is 4.98 Å². The molecule has 3 aromatic carbocycles. The van der Waals surface area contributed by atoms with Gasteiger partial charge in [0.05, 0.1) is 5.69 Å². The van der Waals surface area contributed by atoms with Crippen LogP contribution in [0.4, 0.5) is 0 Å². The van der Waals surface area contributed by atoms with E-state index in [4.69, 9.17) is 9.72 Å². The van der Waals surface area contributed by atoms with E-state index < -0.39 is 0 Å². The molecule has 2 heteroatoms. The average Bonchev–Trinajstić information content (AvgIpc) is 3.19. The number of hydrogen-bond acceptors (Lipinski definition) is 2. The molecule has 1 aromatic heterocycles. The van der Waals surface area contributed by atoms with Crippen LogP contribution in [-0.4, -0.2) is 4.98 Å². The van der Waals surface area contributed by atoms with E-state index in [0.29, 0.717) is 0 Å². The molecular formula is C25H19NO. The van der Waals surface area contributed by atoms with Crippen molar-refractivity contribution in [3.05, 3.63) is 108 Å². The third kappa shape index (κ3) is 3.00. The molecule has 0 spiro atoms. The van der Waals surface area contributed by atoms with E-state index in [1.54, 1.807) is 0 Å². The Morgan fingerprint density at radius 2 is 1.30 bits per heavy atom. The minimum absolute atomic E-state index is 0.0159. The van der Waals surface area contributed by atoms with Gasteiger partial charge in [-0.25, -0.2) is 4.98 Å². The number of aromatic nitrogens is 1. The van der Waals surface area contributed by atoms with Crippen LogP contribution < -0.4 is 4.74 Å². The summed E-state index contributed by atoms with van der Waals surface area (Å²) in [6, 6.07) is 33.4. The first kappa shape index (κ1) is 15.8. The molecule has 0 unspecified atom stereocenters. The van der Waals surface area contributed by atoms with Gasteiger partial charge in [0.25, 0.3) is 0 Å². The van der Waals surface area contributed by atoms with Gasteiger partial charge in [0.1, 0.15) is 6.10 Å². The number of fused-ring (bicyclic) bond motifs is 1. The SMILES string of the molecule is c1ccc(-c2cc(-c3ccccc3)c3c(n2)O[C@@H](c2ccccc2)C3)cc1. The Kier molecular flexibility index (Phi) is 3.95.